The fraction of sp³-hybridized carbons (Fsp3) is 0.562. The van der Waals surface area contributed by atoms with E-state index in [1.165, 1.54) is 15.6 Å². The van der Waals surface area contributed by atoms with E-state index >= 15 is 0 Å². The van der Waals surface area contributed by atoms with Gasteiger partial charge < -0.3 is 0 Å². The first kappa shape index (κ1) is 19.5. The molecule has 7 nitrogen and oxygen atoms in total. The summed E-state index contributed by atoms with van der Waals surface area (Å²) in [5.41, 5.74) is 1.04. The standard InChI is InChI=1S/C16H23N3O4S3/c1-4-19-13(3)16(12(2)17-19)26(22,23)18-8-7-15(14-6-5-10-24-14)25(20,21)11-9-18/h5-6,10,15H,4,7-9,11H2,1-3H3. The molecule has 0 amide bonds. The second-order valence-corrected chi connectivity index (χ2v) is 11.5. The molecule has 144 valence electrons. The molecule has 0 N–H and O–H groups in total. The molecule has 0 aliphatic carbocycles. The van der Waals surface area contributed by atoms with Crippen LogP contribution in [0, 0.1) is 13.8 Å². The molecule has 2 aromatic rings. The summed E-state index contributed by atoms with van der Waals surface area (Å²) in [6, 6.07) is 3.62. The highest BCUT2D eigenvalue weighted by Crippen LogP contribution is 2.34. The minimum atomic E-state index is -3.79. The summed E-state index contributed by atoms with van der Waals surface area (Å²) < 4.78 is 54.7. The van der Waals surface area contributed by atoms with Crippen LogP contribution in [-0.2, 0) is 26.4 Å². The van der Waals surface area contributed by atoms with Crippen molar-refractivity contribution in [3.05, 3.63) is 33.8 Å². The van der Waals surface area contributed by atoms with Crippen LogP contribution in [0.5, 0.6) is 0 Å². The van der Waals surface area contributed by atoms with Crippen LogP contribution in [0.15, 0.2) is 22.4 Å². The van der Waals surface area contributed by atoms with Gasteiger partial charge in [0.1, 0.15) is 4.90 Å². The normalized spacial score (nSPS) is 21.6. The highest BCUT2D eigenvalue weighted by Gasteiger charge is 2.38. The first-order chi connectivity index (χ1) is 12.2. The molecule has 1 saturated heterocycles. The second kappa shape index (κ2) is 7.06. The van der Waals surface area contributed by atoms with Crippen LogP contribution < -0.4 is 0 Å². The predicted octanol–water partition coefficient (Wildman–Crippen LogP) is 2.13. The number of rotatable bonds is 4. The predicted molar refractivity (Wildman–Crippen MR) is 102 cm³/mol. The number of aryl methyl sites for hydroxylation is 2. The summed E-state index contributed by atoms with van der Waals surface area (Å²) in [5, 5.41) is 5.50. The number of sulfone groups is 1. The van der Waals surface area contributed by atoms with Crippen molar-refractivity contribution in [2.24, 2.45) is 0 Å². The van der Waals surface area contributed by atoms with E-state index < -0.39 is 25.1 Å². The van der Waals surface area contributed by atoms with Gasteiger partial charge in [-0.25, -0.2) is 16.8 Å². The maximum atomic E-state index is 13.2. The average Bonchev–Trinajstić information content (AvgIpc) is 3.14. The molecule has 26 heavy (non-hydrogen) atoms. The molecular weight excluding hydrogens is 394 g/mol. The Morgan fingerprint density at radius 3 is 2.62 bits per heavy atom. The minimum Gasteiger partial charge on any atom is -0.268 e. The Labute approximate surface area is 158 Å². The van der Waals surface area contributed by atoms with E-state index in [0.29, 0.717) is 17.9 Å². The third kappa shape index (κ3) is 3.35. The van der Waals surface area contributed by atoms with Gasteiger partial charge in [-0.05, 0) is 38.6 Å². The van der Waals surface area contributed by atoms with Gasteiger partial charge in [0.15, 0.2) is 9.84 Å². The van der Waals surface area contributed by atoms with E-state index in [1.807, 2.05) is 18.4 Å². The van der Waals surface area contributed by atoms with Crippen molar-refractivity contribution < 1.29 is 16.8 Å². The smallest absolute Gasteiger partial charge is 0.246 e. The third-order valence-electron chi connectivity index (χ3n) is 4.77. The summed E-state index contributed by atoms with van der Waals surface area (Å²) in [5.74, 6) is -0.172. The Bertz CT molecular complexity index is 992. The summed E-state index contributed by atoms with van der Waals surface area (Å²) in [7, 11) is -7.18. The molecule has 3 rings (SSSR count). The van der Waals surface area contributed by atoms with Crippen molar-refractivity contribution in [2.75, 3.05) is 18.8 Å². The molecule has 1 unspecified atom stereocenters. The van der Waals surface area contributed by atoms with E-state index in [1.54, 1.807) is 24.6 Å². The lowest BCUT2D eigenvalue weighted by atomic mass is 10.2. The van der Waals surface area contributed by atoms with Gasteiger partial charge in [-0.15, -0.1) is 11.3 Å². The first-order valence-corrected chi connectivity index (χ1v) is 12.5. The van der Waals surface area contributed by atoms with E-state index in [0.717, 1.165) is 4.88 Å². The Morgan fingerprint density at radius 2 is 2.04 bits per heavy atom. The van der Waals surface area contributed by atoms with Crippen molar-refractivity contribution in [3.8, 4) is 0 Å². The van der Waals surface area contributed by atoms with Gasteiger partial charge in [-0.3, -0.25) is 4.68 Å². The highest BCUT2D eigenvalue weighted by atomic mass is 32.2. The van der Waals surface area contributed by atoms with Gasteiger partial charge in [0, 0.05) is 24.5 Å². The lowest BCUT2D eigenvalue weighted by molar-refractivity contribution is 0.427. The Hall–Kier alpha value is -1.23. The second-order valence-electron chi connectivity index (χ2n) is 6.38. The molecule has 0 bridgehead atoms. The Kier molecular flexibility index (Phi) is 5.31. The van der Waals surface area contributed by atoms with Gasteiger partial charge in [-0.1, -0.05) is 6.07 Å². The van der Waals surface area contributed by atoms with Crippen LogP contribution in [0.4, 0.5) is 0 Å². The van der Waals surface area contributed by atoms with E-state index in [9.17, 15) is 16.8 Å². The van der Waals surface area contributed by atoms with Crippen LogP contribution in [0.2, 0.25) is 0 Å². The van der Waals surface area contributed by atoms with E-state index in [2.05, 4.69) is 5.10 Å². The van der Waals surface area contributed by atoms with Gasteiger partial charge in [0.25, 0.3) is 0 Å². The molecule has 0 radical (unpaired) electrons. The lowest BCUT2D eigenvalue weighted by Crippen LogP contribution is -2.34. The largest absolute Gasteiger partial charge is 0.268 e. The zero-order valence-electron chi connectivity index (χ0n) is 15.0. The lowest BCUT2D eigenvalue weighted by Gasteiger charge is -2.20. The molecule has 1 atom stereocenters. The van der Waals surface area contributed by atoms with Crippen LogP contribution in [0.3, 0.4) is 0 Å². The molecule has 1 fully saturated rings. The van der Waals surface area contributed by atoms with E-state index in [-0.39, 0.29) is 30.2 Å². The molecule has 1 aliphatic rings. The quantitative estimate of drug-likeness (QED) is 0.760. The third-order valence-corrected chi connectivity index (χ3v) is 10.2. The van der Waals surface area contributed by atoms with Crippen molar-refractivity contribution in [3.63, 3.8) is 0 Å². The Morgan fingerprint density at radius 1 is 1.31 bits per heavy atom. The van der Waals surface area contributed by atoms with Crippen molar-refractivity contribution in [1.82, 2.24) is 14.1 Å². The Balaban J connectivity index is 1.95. The molecule has 0 spiro atoms. The number of sulfonamides is 1. The molecule has 10 heteroatoms. The number of nitrogens with zero attached hydrogens (tertiary/aromatic N) is 3. The number of thiophene rings is 1. The van der Waals surface area contributed by atoms with Crippen molar-refractivity contribution in [2.45, 2.75) is 43.9 Å². The topological polar surface area (TPSA) is 89.3 Å². The fourth-order valence-corrected chi connectivity index (χ4v) is 8.40. The average molecular weight is 418 g/mol. The monoisotopic (exact) mass is 417 g/mol. The van der Waals surface area contributed by atoms with E-state index in [4.69, 9.17) is 0 Å². The molecule has 1 aliphatic heterocycles. The van der Waals surface area contributed by atoms with Crippen LogP contribution in [0.25, 0.3) is 0 Å². The zero-order valence-corrected chi connectivity index (χ0v) is 17.5. The SMILES string of the molecule is CCn1nc(C)c(S(=O)(=O)N2CCC(c3cccs3)S(=O)(=O)CC2)c1C. The molecule has 0 saturated carbocycles. The highest BCUT2D eigenvalue weighted by molar-refractivity contribution is 7.92. The number of hydrogen-bond donors (Lipinski definition) is 0. The van der Waals surface area contributed by atoms with Gasteiger partial charge >= 0.3 is 0 Å². The molecule has 0 aromatic carbocycles. The summed E-state index contributed by atoms with van der Waals surface area (Å²) in [6.45, 7) is 6.05. The number of hydrogen-bond acceptors (Lipinski definition) is 6. The summed E-state index contributed by atoms with van der Waals surface area (Å²) in [4.78, 5) is 0.974. The number of aromatic nitrogens is 2. The van der Waals surface area contributed by atoms with Crippen LogP contribution >= 0.6 is 11.3 Å². The van der Waals surface area contributed by atoms with Crippen LogP contribution in [0.1, 0.15) is 34.9 Å². The maximum absolute atomic E-state index is 13.2. The first-order valence-electron chi connectivity index (χ1n) is 8.47. The maximum Gasteiger partial charge on any atom is 0.246 e. The fourth-order valence-electron chi connectivity index (χ4n) is 3.45. The minimum absolute atomic E-state index is 0.0251. The summed E-state index contributed by atoms with van der Waals surface area (Å²) >= 11 is 1.40. The van der Waals surface area contributed by atoms with Gasteiger partial charge in [0.2, 0.25) is 10.0 Å². The van der Waals surface area contributed by atoms with Gasteiger partial charge in [0.05, 0.1) is 22.4 Å². The van der Waals surface area contributed by atoms with Crippen molar-refractivity contribution >= 4 is 31.2 Å². The molecular formula is C16H23N3O4S3. The van der Waals surface area contributed by atoms with Crippen LogP contribution in [-0.4, -0.2) is 49.8 Å². The van der Waals surface area contributed by atoms with Gasteiger partial charge in [-0.2, -0.15) is 9.40 Å². The molecule has 3 heterocycles. The molecule has 2 aromatic heterocycles. The van der Waals surface area contributed by atoms with Crippen molar-refractivity contribution in [1.29, 1.82) is 0 Å². The summed E-state index contributed by atoms with van der Waals surface area (Å²) in [6.07, 6.45) is 0.266. The zero-order chi connectivity index (χ0) is 19.1.